The third-order valence-corrected chi connectivity index (χ3v) is 2.48. The van der Waals surface area contributed by atoms with Crippen molar-refractivity contribution in [2.45, 2.75) is 12.8 Å². The van der Waals surface area contributed by atoms with Gasteiger partial charge < -0.3 is 14.2 Å². The second-order valence-corrected chi connectivity index (χ2v) is 3.91. The molecule has 1 fully saturated rings. The molecule has 0 bridgehead atoms. The summed E-state index contributed by atoms with van der Waals surface area (Å²) in [4.78, 5) is 0. The van der Waals surface area contributed by atoms with Gasteiger partial charge in [-0.15, -0.1) is 0 Å². The van der Waals surface area contributed by atoms with Gasteiger partial charge in [-0.05, 0) is 18.8 Å². The van der Waals surface area contributed by atoms with E-state index in [2.05, 4.69) is 12.6 Å². The number of ether oxygens (including phenoxy) is 3. The van der Waals surface area contributed by atoms with E-state index in [9.17, 15) is 0 Å². The van der Waals surface area contributed by atoms with Gasteiger partial charge in [0.15, 0.2) is 0 Å². The van der Waals surface area contributed by atoms with Crippen molar-refractivity contribution in [2.75, 3.05) is 45.4 Å². The van der Waals surface area contributed by atoms with Crippen molar-refractivity contribution < 1.29 is 14.2 Å². The van der Waals surface area contributed by atoms with Crippen molar-refractivity contribution in [2.24, 2.45) is 5.92 Å². The van der Waals surface area contributed by atoms with Crippen molar-refractivity contribution in [3.05, 3.63) is 0 Å². The Hall–Kier alpha value is 0.230. The summed E-state index contributed by atoms with van der Waals surface area (Å²) in [6.07, 6.45) is 2.27. The maximum absolute atomic E-state index is 5.51. The lowest BCUT2D eigenvalue weighted by Crippen LogP contribution is -2.21. The Morgan fingerprint density at radius 1 is 1.07 bits per heavy atom. The van der Waals surface area contributed by atoms with Gasteiger partial charge >= 0.3 is 0 Å². The third-order valence-electron chi connectivity index (χ3n) is 2.30. The molecule has 1 rings (SSSR count). The zero-order chi connectivity index (χ0) is 10.1. The standard InChI is InChI=1S/C10H20O3S/c14-8-7-12-5-6-13-9-10-1-3-11-4-2-10/h10,14H,1-9H2. The van der Waals surface area contributed by atoms with Gasteiger partial charge in [0.2, 0.25) is 0 Å². The summed E-state index contributed by atoms with van der Waals surface area (Å²) >= 11 is 4.05. The number of hydrogen-bond donors (Lipinski definition) is 1. The third kappa shape index (κ3) is 5.86. The molecular formula is C10H20O3S. The van der Waals surface area contributed by atoms with Gasteiger partial charge in [-0.2, -0.15) is 12.6 Å². The SMILES string of the molecule is SCCOCCOCC1CCOCC1. The fraction of sp³-hybridized carbons (Fsp3) is 1.00. The zero-order valence-corrected chi connectivity index (χ0v) is 9.51. The average Bonchev–Trinajstić information content (AvgIpc) is 2.25. The van der Waals surface area contributed by atoms with E-state index in [1.165, 1.54) is 0 Å². The Bertz CT molecular complexity index is 127. The van der Waals surface area contributed by atoms with Gasteiger partial charge in [0, 0.05) is 25.6 Å². The Labute approximate surface area is 91.5 Å². The first-order valence-corrected chi connectivity index (χ1v) is 5.91. The topological polar surface area (TPSA) is 27.7 Å². The lowest BCUT2D eigenvalue weighted by molar-refractivity contribution is 0.00197. The van der Waals surface area contributed by atoms with Crippen LogP contribution in [0.4, 0.5) is 0 Å². The molecule has 1 heterocycles. The van der Waals surface area contributed by atoms with Crippen LogP contribution >= 0.6 is 12.6 Å². The molecule has 1 aliphatic heterocycles. The fourth-order valence-electron chi connectivity index (χ4n) is 1.45. The maximum atomic E-state index is 5.51. The minimum Gasteiger partial charge on any atom is -0.381 e. The minimum absolute atomic E-state index is 0.684. The first-order chi connectivity index (χ1) is 6.93. The number of thiol groups is 1. The highest BCUT2D eigenvalue weighted by molar-refractivity contribution is 7.80. The molecular weight excluding hydrogens is 200 g/mol. The molecule has 84 valence electrons. The van der Waals surface area contributed by atoms with E-state index in [1.54, 1.807) is 0 Å². The Kier molecular flexibility index (Phi) is 7.50. The average molecular weight is 220 g/mol. The smallest absolute Gasteiger partial charge is 0.0700 e. The molecule has 0 atom stereocenters. The van der Waals surface area contributed by atoms with E-state index >= 15 is 0 Å². The van der Waals surface area contributed by atoms with Crippen LogP contribution in [-0.4, -0.2) is 45.4 Å². The highest BCUT2D eigenvalue weighted by Crippen LogP contribution is 2.14. The number of hydrogen-bond acceptors (Lipinski definition) is 4. The Morgan fingerprint density at radius 3 is 2.50 bits per heavy atom. The van der Waals surface area contributed by atoms with Crippen molar-refractivity contribution in [1.29, 1.82) is 0 Å². The summed E-state index contributed by atoms with van der Waals surface area (Å²) in [5, 5.41) is 0. The van der Waals surface area contributed by atoms with Crippen LogP contribution in [0, 0.1) is 5.92 Å². The highest BCUT2D eigenvalue weighted by Gasteiger charge is 2.13. The quantitative estimate of drug-likeness (QED) is 0.519. The molecule has 0 aromatic carbocycles. The predicted octanol–water partition coefficient (Wildman–Crippen LogP) is 1.38. The predicted molar refractivity (Wildman–Crippen MR) is 59.0 cm³/mol. The molecule has 3 nitrogen and oxygen atoms in total. The summed E-state index contributed by atoms with van der Waals surface area (Å²) in [5.41, 5.74) is 0. The fourth-order valence-corrected chi connectivity index (χ4v) is 1.58. The van der Waals surface area contributed by atoms with Gasteiger partial charge in [-0.25, -0.2) is 0 Å². The molecule has 0 amide bonds. The molecule has 0 aliphatic carbocycles. The maximum Gasteiger partial charge on any atom is 0.0700 e. The van der Waals surface area contributed by atoms with E-state index in [1.807, 2.05) is 0 Å². The lowest BCUT2D eigenvalue weighted by Gasteiger charge is -2.21. The molecule has 4 heteroatoms. The summed E-state index contributed by atoms with van der Waals surface area (Å²) in [7, 11) is 0. The van der Waals surface area contributed by atoms with Gasteiger partial charge in [0.25, 0.3) is 0 Å². The van der Waals surface area contributed by atoms with E-state index in [-0.39, 0.29) is 0 Å². The minimum atomic E-state index is 0.684. The van der Waals surface area contributed by atoms with Crippen LogP contribution < -0.4 is 0 Å². The lowest BCUT2D eigenvalue weighted by atomic mass is 10.0. The molecule has 0 aromatic rings. The van der Waals surface area contributed by atoms with Gasteiger partial charge in [-0.1, -0.05) is 0 Å². The van der Waals surface area contributed by atoms with Crippen LogP contribution in [-0.2, 0) is 14.2 Å². The summed E-state index contributed by atoms with van der Waals surface area (Å²) in [5.74, 6) is 1.47. The second kappa shape index (κ2) is 8.53. The first-order valence-electron chi connectivity index (χ1n) is 5.27. The van der Waals surface area contributed by atoms with Crippen LogP contribution in [0.15, 0.2) is 0 Å². The second-order valence-electron chi connectivity index (χ2n) is 3.47. The molecule has 1 saturated heterocycles. The Morgan fingerprint density at radius 2 is 1.79 bits per heavy atom. The molecule has 0 aromatic heterocycles. The molecule has 0 unspecified atom stereocenters. The Balaban J connectivity index is 1.82. The molecule has 0 spiro atoms. The van der Waals surface area contributed by atoms with E-state index < -0.39 is 0 Å². The summed E-state index contributed by atoms with van der Waals surface area (Å²) in [6.45, 7) is 4.74. The van der Waals surface area contributed by atoms with Crippen molar-refractivity contribution >= 4 is 12.6 Å². The monoisotopic (exact) mass is 220 g/mol. The van der Waals surface area contributed by atoms with Gasteiger partial charge in [0.05, 0.1) is 19.8 Å². The van der Waals surface area contributed by atoms with E-state index in [0.717, 1.165) is 38.4 Å². The van der Waals surface area contributed by atoms with E-state index in [4.69, 9.17) is 14.2 Å². The van der Waals surface area contributed by atoms with Crippen molar-refractivity contribution in [1.82, 2.24) is 0 Å². The molecule has 14 heavy (non-hydrogen) atoms. The molecule has 0 saturated carbocycles. The zero-order valence-electron chi connectivity index (χ0n) is 8.61. The number of rotatable bonds is 7. The highest BCUT2D eigenvalue weighted by atomic mass is 32.1. The molecule has 0 radical (unpaired) electrons. The van der Waals surface area contributed by atoms with Crippen LogP contribution in [0.3, 0.4) is 0 Å². The summed E-state index contributed by atoms with van der Waals surface area (Å²) in [6, 6.07) is 0. The van der Waals surface area contributed by atoms with Crippen LogP contribution in [0.5, 0.6) is 0 Å². The van der Waals surface area contributed by atoms with Crippen molar-refractivity contribution in [3.63, 3.8) is 0 Å². The largest absolute Gasteiger partial charge is 0.381 e. The van der Waals surface area contributed by atoms with Gasteiger partial charge in [-0.3, -0.25) is 0 Å². The molecule has 0 N–H and O–H groups in total. The normalized spacial score (nSPS) is 18.6. The van der Waals surface area contributed by atoms with Gasteiger partial charge in [0.1, 0.15) is 0 Å². The first kappa shape index (κ1) is 12.3. The van der Waals surface area contributed by atoms with Crippen molar-refractivity contribution in [3.8, 4) is 0 Å². The van der Waals surface area contributed by atoms with E-state index in [0.29, 0.717) is 25.7 Å². The molecule has 1 aliphatic rings. The van der Waals surface area contributed by atoms with Crippen LogP contribution in [0.25, 0.3) is 0 Å². The summed E-state index contributed by atoms with van der Waals surface area (Å²) < 4.78 is 16.0. The van der Waals surface area contributed by atoms with Crippen LogP contribution in [0.2, 0.25) is 0 Å². The van der Waals surface area contributed by atoms with Crippen LogP contribution in [0.1, 0.15) is 12.8 Å².